The number of likely N-dealkylation sites (tertiary alicyclic amines) is 1. The zero-order valence-electron chi connectivity index (χ0n) is 39.3. The third kappa shape index (κ3) is 11.5. The van der Waals surface area contributed by atoms with Gasteiger partial charge in [-0.05, 0) is 98.2 Å². The largest absolute Gasteiger partial charge is 0.391 e. The number of nitrogens with one attached hydrogen (secondary N) is 3. The minimum absolute atomic E-state index is 0.0595. The summed E-state index contributed by atoms with van der Waals surface area (Å²) in [5.41, 5.74) is 4.39. The Hall–Kier alpha value is -5.79. The number of amides is 4. The fourth-order valence-electron chi connectivity index (χ4n) is 9.50. The third-order valence-electron chi connectivity index (χ3n) is 13.3. The van der Waals surface area contributed by atoms with E-state index in [-0.39, 0.29) is 48.6 Å². The van der Waals surface area contributed by atoms with Crippen molar-refractivity contribution in [3.8, 4) is 11.1 Å². The van der Waals surface area contributed by atoms with Crippen LogP contribution in [-0.2, 0) is 39.1 Å². The Labute approximate surface area is 401 Å². The number of aliphatic hydroxyl groups is 1. The third-order valence-corrected chi connectivity index (χ3v) is 15.5. The van der Waals surface area contributed by atoms with Gasteiger partial charge >= 0.3 is 0 Å². The standard InChI is InChI=1S/C49H62N10O7S2/c1-31-37(27-51-59(31)28-32-13-7-5-8-14-32)35-19-20-40(57-24-21-33-15-11-16-36(38(33)30-57)44(62)55-48-52-39-17-12-23-50-46(39)67-48)53-42(35)45(63)56-68(65,66)26-10-6-9-18-41(61)54-43(49(2,3)4)47(64)58-25-22-34(60)29-58/h11-12,15-17,19-20,23,27,32,34,43,60H,5-10,13-14,18,21-22,24-26,28-30H2,1-4H3,(H,54,61)(H,56,63)(H,52,55,62)/t34-,43-/m1/s1. The van der Waals surface area contributed by atoms with E-state index >= 15 is 0 Å². The molecular weight excluding hydrogens is 905 g/mol. The number of hydrogen-bond acceptors (Lipinski definition) is 13. The number of rotatable bonds is 16. The van der Waals surface area contributed by atoms with Crippen molar-refractivity contribution in [3.05, 3.63) is 82.9 Å². The molecule has 362 valence electrons. The Morgan fingerprint density at radius 2 is 1.74 bits per heavy atom. The van der Waals surface area contributed by atoms with E-state index in [1.54, 1.807) is 35.5 Å². The van der Waals surface area contributed by atoms with Crippen molar-refractivity contribution >= 4 is 66.3 Å². The second-order valence-corrected chi connectivity index (χ2v) is 22.3. The van der Waals surface area contributed by atoms with Crippen molar-refractivity contribution in [2.24, 2.45) is 11.3 Å². The van der Waals surface area contributed by atoms with Crippen LogP contribution in [0.5, 0.6) is 0 Å². The molecule has 0 spiro atoms. The molecule has 4 aromatic heterocycles. The number of carbonyl (C=O) groups is 4. The Bertz CT molecular complexity index is 2750. The number of thiazole rings is 1. The van der Waals surface area contributed by atoms with Gasteiger partial charge in [0, 0.05) is 67.7 Å². The number of fused-ring (bicyclic) bond motifs is 2. The molecule has 1 saturated carbocycles. The molecule has 2 fully saturated rings. The monoisotopic (exact) mass is 966 g/mol. The molecule has 68 heavy (non-hydrogen) atoms. The summed E-state index contributed by atoms with van der Waals surface area (Å²) in [4.78, 5) is 72.4. The molecule has 2 aliphatic heterocycles. The van der Waals surface area contributed by atoms with Gasteiger partial charge in [0.2, 0.25) is 21.8 Å². The predicted octanol–water partition coefficient (Wildman–Crippen LogP) is 6.40. The molecule has 0 bridgehead atoms. The number of hydrogen-bond donors (Lipinski definition) is 4. The van der Waals surface area contributed by atoms with Gasteiger partial charge in [0.15, 0.2) is 5.13 Å². The minimum atomic E-state index is -4.14. The van der Waals surface area contributed by atoms with Gasteiger partial charge in [-0.1, -0.05) is 69.9 Å². The molecule has 4 N–H and O–H groups in total. The number of pyridine rings is 2. The van der Waals surface area contributed by atoms with Crippen LogP contribution >= 0.6 is 11.3 Å². The summed E-state index contributed by atoms with van der Waals surface area (Å²) in [5.74, 6) is -1.11. The van der Waals surface area contributed by atoms with Gasteiger partial charge in [0.05, 0.1) is 18.1 Å². The lowest BCUT2D eigenvalue weighted by molar-refractivity contribution is -0.138. The van der Waals surface area contributed by atoms with Gasteiger partial charge in [-0.3, -0.25) is 29.2 Å². The highest BCUT2D eigenvalue weighted by Gasteiger charge is 2.38. The first kappa shape index (κ1) is 48.7. The summed E-state index contributed by atoms with van der Waals surface area (Å²) >= 11 is 1.30. The first-order chi connectivity index (χ1) is 32.5. The lowest BCUT2D eigenvalue weighted by Gasteiger charge is -2.33. The topological polar surface area (TPSA) is 222 Å². The number of anilines is 2. The maximum absolute atomic E-state index is 14.3. The van der Waals surface area contributed by atoms with E-state index in [1.165, 1.54) is 30.6 Å². The molecule has 0 unspecified atom stereocenters. The molecule has 2 atom stereocenters. The number of aromatic nitrogens is 5. The average Bonchev–Trinajstić information content (AvgIpc) is 4.04. The molecule has 0 radical (unpaired) electrons. The van der Waals surface area contributed by atoms with E-state index in [2.05, 4.69) is 25.3 Å². The van der Waals surface area contributed by atoms with E-state index in [1.807, 2.05) is 61.5 Å². The number of carbonyl (C=O) groups excluding carboxylic acids is 4. The second kappa shape index (κ2) is 20.8. The van der Waals surface area contributed by atoms with Gasteiger partial charge in [-0.25, -0.2) is 28.1 Å². The zero-order chi connectivity index (χ0) is 48.2. The molecule has 1 aromatic carbocycles. The molecule has 17 nitrogen and oxygen atoms in total. The fraction of sp³-hybridized carbons (Fsp3) is 0.510. The summed E-state index contributed by atoms with van der Waals surface area (Å²) in [6.45, 7) is 9.86. The van der Waals surface area contributed by atoms with Crippen LogP contribution in [0, 0.1) is 18.3 Å². The number of nitrogens with zero attached hydrogens (tertiary/aromatic N) is 7. The minimum Gasteiger partial charge on any atom is -0.391 e. The van der Waals surface area contributed by atoms with E-state index in [0.717, 1.165) is 41.0 Å². The molecule has 5 aromatic rings. The number of unbranched alkanes of at least 4 members (excludes halogenated alkanes) is 2. The molecule has 8 rings (SSSR count). The molecule has 1 aliphatic carbocycles. The van der Waals surface area contributed by atoms with Crippen molar-refractivity contribution in [2.75, 3.05) is 35.6 Å². The quantitative estimate of drug-likeness (QED) is 0.0790. The lowest BCUT2D eigenvalue weighted by Crippen LogP contribution is -2.54. The number of aliphatic hydroxyl groups excluding tert-OH is 1. The molecule has 6 heterocycles. The molecular formula is C49H62N10O7S2. The number of β-amino-alcohol motifs (C(OH)–C–C–N with tert-alkyl or cyclic N) is 1. The van der Waals surface area contributed by atoms with Gasteiger partial charge < -0.3 is 20.2 Å². The summed E-state index contributed by atoms with van der Waals surface area (Å²) in [6, 6.07) is 12.1. The Kier molecular flexibility index (Phi) is 14.9. The molecule has 19 heteroatoms. The smallest absolute Gasteiger partial charge is 0.284 e. The van der Waals surface area contributed by atoms with Crippen LogP contribution < -0.4 is 20.3 Å². The van der Waals surface area contributed by atoms with Crippen LogP contribution in [0.3, 0.4) is 0 Å². The van der Waals surface area contributed by atoms with E-state index in [4.69, 9.17) is 10.1 Å². The molecule has 4 amide bonds. The lowest BCUT2D eigenvalue weighted by atomic mass is 9.85. The summed E-state index contributed by atoms with van der Waals surface area (Å²) < 4.78 is 31.4. The number of benzene rings is 1. The SMILES string of the molecule is Cc1c(-c2ccc(N3CCc4cccc(C(=O)Nc5nc6cccnc6s5)c4C3)nc2C(=O)NS(=O)(=O)CCCCCC(=O)N[C@H](C(=O)N2CC[C@@H](O)C2)C(C)(C)C)cnn1CC1CCCCC1. The van der Waals surface area contributed by atoms with Crippen LogP contribution in [0.4, 0.5) is 10.9 Å². The van der Waals surface area contributed by atoms with Crippen molar-refractivity contribution in [1.29, 1.82) is 0 Å². The second-order valence-electron chi connectivity index (χ2n) is 19.5. The summed E-state index contributed by atoms with van der Waals surface area (Å²) in [5, 5.41) is 20.9. The van der Waals surface area contributed by atoms with Crippen molar-refractivity contribution in [1.82, 2.24) is 39.7 Å². The highest BCUT2D eigenvalue weighted by molar-refractivity contribution is 7.90. The molecule has 1 saturated heterocycles. The van der Waals surface area contributed by atoms with E-state index in [9.17, 15) is 32.7 Å². The van der Waals surface area contributed by atoms with Crippen LogP contribution in [0.2, 0.25) is 0 Å². The first-order valence-corrected chi connectivity index (χ1v) is 26.2. The fourth-order valence-corrected chi connectivity index (χ4v) is 11.4. The predicted molar refractivity (Wildman–Crippen MR) is 262 cm³/mol. The van der Waals surface area contributed by atoms with Gasteiger partial charge in [-0.15, -0.1) is 0 Å². The van der Waals surface area contributed by atoms with Crippen molar-refractivity contribution in [2.45, 2.75) is 124 Å². The highest BCUT2D eigenvalue weighted by Crippen LogP contribution is 2.34. The summed E-state index contributed by atoms with van der Waals surface area (Å²) in [7, 11) is -4.14. The maximum atomic E-state index is 14.3. The van der Waals surface area contributed by atoms with Crippen LogP contribution in [-0.4, -0.2) is 104 Å². The molecule has 3 aliphatic rings. The van der Waals surface area contributed by atoms with Crippen LogP contribution in [0.15, 0.2) is 54.9 Å². The zero-order valence-corrected chi connectivity index (χ0v) is 40.9. The van der Waals surface area contributed by atoms with Gasteiger partial charge in [0.25, 0.3) is 11.8 Å². The first-order valence-electron chi connectivity index (χ1n) is 23.8. The van der Waals surface area contributed by atoms with E-state index in [0.29, 0.717) is 84.4 Å². The van der Waals surface area contributed by atoms with Crippen molar-refractivity contribution < 1.29 is 32.7 Å². The van der Waals surface area contributed by atoms with E-state index < -0.39 is 33.5 Å². The average molecular weight is 967 g/mol. The Balaban J connectivity index is 0.959. The van der Waals surface area contributed by atoms with Crippen LogP contribution in [0.25, 0.3) is 21.5 Å². The maximum Gasteiger partial charge on any atom is 0.284 e. The highest BCUT2D eigenvalue weighted by atomic mass is 32.2. The number of sulfonamides is 1. The summed E-state index contributed by atoms with van der Waals surface area (Å²) in [6.07, 6.45) is 10.9. The van der Waals surface area contributed by atoms with Crippen molar-refractivity contribution in [3.63, 3.8) is 0 Å². The van der Waals surface area contributed by atoms with Crippen LogP contribution in [0.1, 0.15) is 123 Å². The Morgan fingerprint density at radius 3 is 2.49 bits per heavy atom. The van der Waals surface area contributed by atoms with Gasteiger partial charge in [0.1, 0.15) is 27.9 Å². The van der Waals surface area contributed by atoms with Gasteiger partial charge in [-0.2, -0.15) is 5.10 Å². The normalized spacial score (nSPS) is 17.2. The Morgan fingerprint density at radius 1 is 0.926 bits per heavy atom.